The van der Waals surface area contributed by atoms with E-state index in [1.54, 1.807) is 29.2 Å². The number of thiazole rings is 1. The summed E-state index contributed by atoms with van der Waals surface area (Å²) in [6, 6.07) is 10.1. The van der Waals surface area contributed by atoms with Gasteiger partial charge in [0, 0.05) is 31.7 Å². The maximum atomic E-state index is 14.3. The number of nitrogens with zero attached hydrogens (tertiary/aromatic N) is 3. The number of amides is 1. The molecule has 2 aliphatic rings. The fourth-order valence-electron chi connectivity index (χ4n) is 3.91. The fourth-order valence-corrected chi connectivity index (χ4v) is 4.92. The summed E-state index contributed by atoms with van der Waals surface area (Å²) < 4.78 is 31.6. The largest absolute Gasteiger partial charge is 0.486 e. The van der Waals surface area contributed by atoms with E-state index in [0.29, 0.717) is 52.2 Å². The Balaban J connectivity index is 0.00000259. The molecule has 3 heterocycles. The van der Waals surface area contributed by atoms with Gasteiger partial charge < -0.3 is 14.2 Å². The highest BCUT2D eigenvalue weighted by Gasteiger charge is 2.24. The zero-order valence-electron chi connectivity index (χ0n) is 18.0. The molecule has 1 amide bonds. The van der Waals surface area contributed by atoms with Crippen LogP contribution in [0.3, 0.4) is 0 Å². The molecule has 0 spiro atoms. The number of para-hydroxylation sites is 1. The Hall–Kier alpha value is -2.46. The van der Waals surface area contributed by atoms with Crippen molar-refractivity contribution in [2.24, 2.45) is 0 Å². The Bertz CT molecular complexity index is 1120. The van der Waals surface area contributed by atoms with Crippen LogP contribution in [-0.2, 0) is 4.74 Å². The molecular formula is C23H25ClFN3O4S. The van der Waals surface area contributed by atoms with E-state index in [4.69, 9.17) is 14.2 Å². The lowest BCUT2D eigenvalue weighted by Gasteiger charge is -2.28. The standard InChI is InChI=1S/C23H24FN3O4S.ClH/c24-17-3-1-4-20-21(17)25-23(32-20)27(8-2-7-26-9-11-29-12-10-26)22(28)16-5-6-18-19(15-16)31-14-13-30-18;/h1,3-6,15H,2,7-14H2;1H. The molecule has 2 aliphatic heterocycles. The molecular weight excluding hydrogens is 469 g/mol. The summed E-state index contributed by atoms with van der Waals surface area (Å²) in [5.74, 6) is 0.618. The second kappa shape index (κ2) is 10.6. The third-order valence-corrected chi connectivity index (χ3v) is 6.63. The number of aromatic nitrogens is 1. The van der Waals surface area contributed by atoms with E-state index in [2.05, 4.69) is 9.88 Å². The first-order valence-corrected chi connectivity index (χ1v) is 11.6. The average molecular weight is 494 g/mol. The summed E-state index contributed by atoms with van der Waals surface area (Å²) in [7, 11) is 0. The Morgan fingerprint density at radius 3 is 2.67 bits per heavy atom. The van der Waals surface area contributed by atoms with Crippen molar-refractivity contribution in [1.29, 1.82) is 0 Å². The molecule has 0 N–H and O–H groups in total. The predicted molar refractivity (Wildman–Crippen MR) is 128 cm³/mol. The van der Waals surface area contributed by atoms with E-state index >= 15 is 0 Å². The molecule has 1 saturated heterocycles. The Kier molecular flexibility index (Phi) is 7.64. The first-order chi connectivity index (χ1) is 15.7. The highest BCUT2D eigenvalue weighted by Crippen LogP contribution is 2.34. The molecule has 7 nitrogen and oxygen atoms in total. The molecule has 5 rings (SSSR count). The predicted octanol–water partition coefficient (Wildman–Crippen LogP) is 4.00. The Morgan fingerprint density at radius 2 is 1.88 bits per heavy atom. The molecule has 0 unspecified atom stereocenters. The van der Waals surface area contributed by atoms with E-state index in [-0.39, 0.29) is 24.1 Å². The molecule has 3 aromatic rings. The summed E-state index contributed by atoms with van der Waals surface area (Å²) in [5, 5.41) is 0.493. The lowest BCUT2D eigenvalue weighted by Crippen LogP contribution is -2.39. The van der Waals surface area contributed by atoms with E-state index in [9.17, 15) is 9.18 Å². The van der Waals surface area contributed by atoms with Crippen molar-refractivity contribution in [3.63, 3.8) is 0 Å². The van der Waals surface area contributed by atoms with Crippen molar-refractivity contribution in [2.75, 3.05) is 57.5 Å². The van der Waals surface area contributed by atoms with Crippen LogP contribution in [0.4, 0.5) is 9.52 Å². The van der Waals surface area contributed by atoms with E-state index in [0.717, 1.165) is 39.3 Å². The van der Waals surface area contributed by atoms with Gasteiger partial charge in [-0.2, -0.15) is 0 Å². The van der Waals surface area contributed by atoms with Crippen LogP contribution in [0.1, 0.15) is 16.8 Å². The van der Waals surface area contributed by atoms with Gasteiger partial charge in [0.1, 0.15) is 24.5 Å². The second-order valence-electron chi connectivity index (χ2n) is 7.71. The van der Waals surface area contributed by atoms with Crippen molar-refractivity contribution < 1.29 is 23.4 Å². The Morgan fingerprint density at radius 1 is 1.09 bits per heavy atom. The number of hydrogen-bond acceptors (Lipinski definition) is 7. The van der Waals surface area contributed by atoms with E-state index in [1.807, 2.05) is 6.07 Å². The van der Waals surface area contributed by atoms with Gasteiger partial charge >= 0.3 is 0 Å². The number of halogens is 2. The lowest BCUT2D eigenvalue weighted by atomic mass is 10.1. The highest BCUT2D eigenvalue weighted by molar-refractivity contribution is 7.22. The molecule has 2 aromatic carbocycles. The summed E-state index contributed by atoms with van der Waals surface area (Å²) >= 11 is 1.32. The number of ether oxygens (including phenoxy) is 3. The van der Waals surface area contributed by atoms with Crippen molar-refractivity contribution in [3.8, 4) is 11.5 Å². The first kappa shape index (κ1) is 23.7. The highest BCUT2D eigenvalue weighted by atomic mass is 35.5. The number of carbonyl (C=O) groups excluding carboxylic acids is 1. The number of morpholine rings is 1. The molecule has 0 saturated carbocycles. The zero-order valence-corrected chi connectivity index (χ0v) is 19.6. The number of benzene rings is 2. The van der Waals surface area contributed by atoms with Gasteiger partial charge in [0.2, 0.25) is 0 Å². The topological polar surface area (TPSA) is 64.1 Å². The van der Waals surface area contributed by atoms with Crippen LogP contribution in [-0.4, -0.2) is 68.4 Å². The number of anilines is 1. The van der Waals surface area contributed by atoms with Gasteiger partial charge in [0.25, 0.3) is 5.91 Å². The quantitative estimate of drug-likeness (QED) is 0.517. The maximum absolute atomic E-state index is 14.3. The van der Waals surface area contributed by atoms with Gasteiger partial charge in [-0.25, -0.2) is 9.37 Å². The number of carbonyl (C=O) groups is 1. The number of rotatable bonds is 6. The molecule has 0 bridgehead atoms. The number of fused-ring (bicyclic) bond motifs is 2. The van der Waals surface area contributed by atoms with Crippen molar-refractivity contribution >= 4 is 45.0 Å². The fraction of sp³-hybridized carbons (Fsp3) is 0.391. The van der Waals surface area contributed by atoms with Gasteiger partial charge in [-0.15, -0.1) is 12.4 Å². The van der Waals surface area contributed by atoms with E-state index < -0.39 is 0 Å². The van der Waals surface area contributed by atoms with Gasteiger partial charge in [-0.05, 0) is 36.8 Å². The molecule has 176 valence electrons. The molecule has 0 radical (unpaired) electrons. The van der Waals surface area contributed by atoms with Gasteiger partial charge in [-0.1, -0.05) is 17.4 Å². The first-order valence-electron chi connectivity index (χ1n) is 10.8. The SMILES string of the molecule is Cl.O=C(c1ccc2c(c1)OCCO2)N(CCCN1CCOCC1)c1nc2c(F)cccc2s1. The van der Waals surface area contributed by atoms with Crippen molar-refractivity contribution in [3.05, 3.63) is 47.8 Å². The minimum atomic E-state index is -0.384. The molecule has 1 fully saturated rings. The average Bonchev–Trinajstić information content (AvgIpc) is 3.27. The molecule has 1 aromatic heterocycles. The van der Waals surface area contributed by atoms with Crippen molar-refractivity contribution in [2.45, 2.75) is 6.42 Å². The van der Waals surface area contributed by atoms with Crippen molar-refractivity contribution in [1.82, 2.24) is 9.88 Å². The van der Waals surface area contributed by atoms with Gasteiger partial charge in [0.05, 0.1) is 17.9 Å². The van der Waals surface area contributed by atoms with Gasteiger partial charge in [0.15, 0.2) is 16.6 Å². The summed E-state index contributed by atoms with van der Waals surface area (Å²) in [6.45, 7) is 5.52. The lowest BCUT2D eigenvalue weighted by molar-refractivity contribution is 0.0376. The van der Waals surface area contributed by atoms with Gasteiger partial charge in [-0.3, -0.25) is 14.6 Å². The van der Waals surface area contributed by atoms with Crippen LogP contribution in [0.25, 0.3) is 10.2 Å². The minimum absolute atomic E-state index is 0. The normalized spacial score (nSPS) is 15.8. The van der Waals surface area contributed by atoms with Crippen LogP contribution in [0.2, 0.25) is 0 Å². The molecule has 0 atom stereocenters. The minimum Gasteiger partial charge on any atom is -0.486 e. The third kappa shape index (κ3) is 5.22. The zero-order chi connectivity index (χ0) is 21.9. The molecule has 10 heteroatoms. The van der Waals surface area contributed by atoms with Crippen LogP contribution >= 0.6 is 23.7 Å². The maximum Gasteiger partial charge on any atom is 0.260 e. The third-order valence-electron chi connectivity index (χ3n) is 5.58. The van der Waals surface area contributed by atoms with Crippen LogP contribution in [0.5, 0.6) is 11.5 Å². The van der Waals surface area contributed by atoms with E-state index in [1.165, 1.54) is 17.4 Å². The smallest absolute Gasteiger partial charge is 0.260 e. The summed E-state index contributed by atoms with van der Waals surface area (Å²) in [4.78, 5) is 22.0. The van der Waals surface area contributed by atoms with Crippen LogP contribution < -0.4 is 14.4 Å². The summed E-state index contributed by atoms with van der Waals surface area (Å²) in [6.07, 6.45) is 0.773. The molecule has 0 aliphatic carbocycles. The van der Waals surface area contributed by atoms with Crippen LogP contribution in [0.15, 0.2) is 36.4 Å². The van der Waals surface area contributed by atoms with Crippen LogP contribution in [0, 0.1) is 5.82 Å². The summed E-state index contributed by atoms with van der Waals surface area (Å²) in [5.41, 5.74) is 0.779. The monoisotopic (exact) mass is 493 g/mol. The number of hydrogen-bond donors (Lipinski definition) is 0. The molecule has 33 heavy (non-hydrogen) atoms. The Labute approximate surface area is 201 Å². The second-order valence-corrected chi connectivity index (χ2v) is 8.71.